The first-order chi connectivity index (χ1) is 12.1. The molecule has 25 heavy (non-hydrogen) atoms. The highest BCUT2D eigenvalue weighted by Crippen LogP contribution is 2.19. The Balaban J connectivity index is 1.65. The molecule has 0 unspecified atom stereocenters. The maximum atomic E-state index is 12.4. The van der Waals surface area contributed by atoms with E-state index in [2.05, 4.69) is 20.4 Å². The molecule has 3 aromatic heterocycles. The van der Waals surface area contributed by atoms with E-state index in [0.29, 0.717) is 17.2 Å². The average Bonchev–Trinajstić information content (AvgIpc) is 3.27. The predicted molar refractivity (Wildman–Crippen MR) is 85.7 cm³/mol. The fourth-order valence-corrected chi connectivity index (χ4v) is 2.37. The van der Waals surface area contributed by atoms with Gasteiger partial charge in [0.25, 0.3) is 11.7 Å². The van der Waals surface area contributed by atoms with Gasteiger partial charge in [-0.15, -0.1) is 0 Å². The van der Waals surface area contributed by atoms with Crippen LogP contribution in [0.1, 0.15) is 41.6 Å². The monoisotopic (exact) mass is 343 g/mol. The van der Waals surface area contributed by atoms with Gasteiger partial charge in [0.05, 0.1) is 24.1 Å². The zero-order chi connectivity index (χ0) is 17.8. The summed E-state index contributed by atoms with van der Waals surface area (Å²) in [4.78, 5) is 32.2. The van der Waals surface area contributed by atoms with Crippen molar-refractivity contribution in [2.45, 2.75) is 26.3 Å². The van der Waals surface area contributed by atoms with Crippen LogP contribution in [0.3, 0.4) is 0 Å². The number of furan rings is 1. The number of hydrogen-bond acceptors (Lipinski definition) is 7. The lowest BCUT2D eigenvalue weighted by Crippen LogP contribution is -2.28. The van der Waals surface area contributed by atoms with E-state index < -0.39 is 18.5 Å². The summed E-state index contributed by atoms with van der Waals surface area (Å²) < 4.78 is 11.7. The quantitative estimate of drug-likeness (QED) is 0.672. The largest absolute Gasteiger partial charge is 0.467 e. The van der Waals surface area contributed by atoms with Gasteiger partial charge in [-0.1, -0.05) is 13.8 Å². The van der Waals surface area contributed by atoms with Crippen molar-refractivity contribution in [3.63, 3.8) is 0 Å². The number of rotatable bonds is 6. The van der Waals surface area contributed by atoms with Gasteiger partial charge in [-0.05, 0) is 18.1 Å². The Morgan fingerprint density at radius 3 is 2.92 bits per heavy atom. The molecule has 3 heterocycles. The molecular formula is C16H17N5O4. The molecule has 0 fully saturated rings. The highest BCUT2D eigenvalue weighted by molar-refractivity contribution is 5.92. The first kappa shape index (κ1) is 16.6. The Kier molecular flexibility index (Phi) is 4.73. The van der Waals surface area contributed by atoms with Gasteiger partial charge in [0.2, 0.25) is 0 Å². The van der Waals surface area contributed by atoms with Crippen LogP contribution in [-0.2, 0) is 16.1 Å². The highest BCUT2D eigenvalue weighted by atomic mass is 16.5. The fourth-order valence-electron chi connectivity index (χ4n) is 2.37. The van der Waals surface area contributed by atoms with Crippen LogP contribution in [0.5, 0.6) is 0 Å². The fraction of sp³-hybridized carbons (Fsp3) is 0.312. The second-order valence-electron chi connectivity index (χ2n) is 5.62. The first-order valence-corrected chi connectivity index (χ1v) is 7.71. The van der Waals surface area contributed by atoms with E-state index >= 15 is 0 Å². The van der Waals surface area contributed by atoms with Crippen molar-refractivity contribution >= 4 is 17.7 Å². The van der Waals surface area contributed by atoms with Crippen LogP contribution in [0.4, 0.5) is 0 Å². The number of amides is 1. The molecule has 0 bridgehead atoms. The van der Waals surface area contributed by atoms with Gasteiger partial charge in [-0.2, -0.15) is 10.1 Å². The minimum absolute atomic E-state index is 0.0115. The lowest BCUT2D eigenvalue weighted by molar-refractivity contribution is -0.124. The number of carbonyl (C=O) groups is 2. The van der Waals surface area contributed by atoms with E-state index in [1.165, 1.54) is 23.3 Å². The minimum atomic E-state index is -0.637. The maximum Gasteiger partial charge on any atom is 0.342 e. The third-order valence-electron chi connectivity index (χ3n) is 3.48. The zero-order valence-electron chi connectivity index (χ0n) is 13.8. The second-order valence-corrected chi connectivity index (χ2v) is 5.62. The minimum Gasteiger partial charge on any atom is -0.467 e. The number of nitrogens with zero attached hydrogens (tertiary/aromatic N) is 4. The van der Waals surface area contributed by atoms with E-state index in [-0.39, 0.29) is 18.0 Å². The molecular weight excluding hydrogens is 326 g/mol. The molecule has 0 saturated carbocycles. The van der Waals surface area contributed by atoms with Crippen LogP contribution in [0.25, 0.3) is 5.78 Å². The summed E-state index contributed by atoms with van der Waals surface area (Å²) in [6, 6.07) is 3.46. The molecule has 0 spiro atoms. The van der Waals surface area contributed by atoms with Crippen molar-refractivity contribution in [3.05, 3.63) is 47.9 Å². The first-order valence-electron chi connectivity index (χ1n) is 7.71. The number of nitrogens with one attached hydrogen (secondary N) is 1. The summed E-state index contributed by atoms with van der Waals surface area (Å²) >= 11 is 0. The number of fused-ring (bicyclic) bond motifs is 1. The number of hydrogen-bond donors (Lipinski definition) is 1. The van der Waals surface area contributed by atoms with Crippen LogP contribution in [0, 0.1) is 0 Å². The molecule has 130 valence electrons. The van der Waals surface area contributed by atoms with Gasteiger partial charge in [-0.25, -0.2) is 14.3 Å². The maximum absolute atomic E-state index is 12.4. The van der Waals surface area contributed by atoms with Crippen LogP contribution in [-0.4, -0.2) is 38.1 Å². The lowest BCUT2D eigenvalue weighted by Gasteiger charge is -2.13. The van der Waals surface area contributed by atoms with Crippen LogP contribution >= 0.6 is 0 Å². The number of carbonyl (C=O) groups excluding carboxylic acids is 2. The Morgan fingerprint density at radius 2 is 2.20 bits per heavy atom. The van der Waals surface area contributed by atoms with E-state index in [1.807, 2.05) is 13.8 Å². The molecule has 1 N–H and O–H groups in total. The topological polar surface area (TPSA) is 112 Å². The van der Waals surface area contributed by atoms with Gasteiger partial charge < -0.3 is 14.5 Å². The molecule has 9 heteroatoms. The predicted octanol–water partition coefficient (Wildman–Crippen LogP) is 1.31. The van der Waals surface area contributed by atoms with Gasteiger partial charge in [0.1, 0.15) is 12.1 Å². The second kappa shape index (κ2) is 7.12. The van der Waals surface area contributed by atoms with Crippen LogP contribution in [0.2, 0.25) is 0 Å². The molecule has 9 nitrogen and oxygen atoms in total. The lowest BCUT2D eigenvalue weighted by atomic mass is 10.1. The molecule has 0 aromatic carbocycles. The Morgan fingerprint density at radius 1 is 1.36 bits per heavy atom. The highest BCUT2D eigenvalue weighted by Gasteiger charge is 2.21. The molecule has 0 saturated heterocycles. The smallest absolute Gasteiger partial charge is 0.342 e. The Bertz CT molecular complexity index is 885. The summed E-state index contributed by atoms with van der Waals surface area (Å²) in [7, 11) is 0. The Labute approximate surface area is 143 Å². The summed E-state index contributed by atoms with van der Waals surface area (Å²) in [6.45, 7) is 3.67. The van der Waals surface area contributed by atoms with Gasteiger partial charge in [0.15, 0.2) is 6.61 Å². The third-order valence-corrected chi connectivity index (χ3v) is 3.48. The average molecular weight is 343 g/mol. The molecule has 0 aliphatic rings. The van der Waals surface area contributed by atoms with E-state index in [0.717, 1.165) is 0 Å². The summed E-state index contributed by atoms with van der Waals surface area (Å²) in [5.74, 6) is -0.0611. The molecule has 0 aliphatic heterocycles. The van der Waals surface area contributed by atoms with Gasteiger partial charge in [-0.3, -0.25) is 4.79 Å². The van der Waals surface area contributed by atoms with Crippen LogP contribution < -0.4 is 5.32 Å². The van der Waals surface area contributed by atoms with Crippen LogP contribution in [0.15, 0.2) is 35.3 Å². The number of ether oxygens (including phenoxy) is 1. The molecule has 0 atom stereocenters. The van der Waals surface area contributed by atoms with E-state index in [1.54, 1.807) is 12.1 Å². The van der Waals surface area contributed by atoms with Crippen molar-refractivity contribution in [1.82, 2.24) is 24.9 Å². The summed E-state index contributed by atoms with van der Waals surface area (Å²) in [5, 5.41) is 6.68. The van der Waals surface area contributed by atoms with Crippen molar-refractivity contribution in [2.24, 2.45) is 0 Å². The third kappa shape index (κ3) is 3.65. The number of esters is 1. The normalized spacial score (nSPS) is 11.0. The molecule has 3 aromatic rings. The van der Waals surface area contributed by atoms with E-state index in [4.69, 9.17) is 9.15 Å². The molecule has 3 rings (SSSR count). The zero-order valence-corrected chi connectivity index (χ0v) is 13.8. The number of aromatic nitrogens is 4. The molecule has 0 aliphatic carbocycles. The van der Waals surface area contributed by atoms with Crippen molar-refractivity contribution in [1.29, 1.82) is 0 Å². The van der Waals surface area contributed by atoms with Gasteiger partial charge >= 0.3 is 5.97 Å². The SMILES string of the molecule is CC(C)c1c(C(=O)OCC(=O)NCc2ccco2)cnc2ncnn12. The molecule has 0 radical (unpaired) electrons. The van der Waals surface area contributed by atoms with Crippen molar-refractivity contribution in [2.75, 3.05) is 6.61 Å². The van der Waals surface area contributed by atoms with Gasteiger partial charge in [0, 0.05) is 6.20 Å². The van der Waals surface area contributed by atoms with Crippen molar-refractivity contribution < 1.29 is 18.7 Å². The standard InChI is InChI=1S/C16H17N5O4/c1-10(2)14-12(7-18-16-19-9-20-21(14)16)15(23)25-8-13(22)17-6-11-4-3-5-24-11/h3-5,7,9-10H,6,8H2,1-2H3,(H,17,22). The summed E-state index contributed by atoms with van der Waals surface area (Å²) in [6.07, 6.45) is 4.27. The van der Waals surface area contributed by atoms with Crippen molar-refractivity contribution in [3.8, 4) is 0 Å². The summed E-state index contributed by atoms with van der Waals surface area (Å²) in [5.41, 5.74) is 0.885. The molecule has 1 amide bonds. The van der Waals surface area contributed by atoms with E-state index in [9.17, 15) is 9.59 Å². The Hall–Kier alpha value is -3.23.